The van der Waals surface area contributed by atoms with E-state index in [1.807, 2.05) is 4.90 Å². The minimum absolute atomic E-state index is 0.172. The minimum Gasteiger partial charge on any atom is -0.341 e. The van der Waals surface area contributed by atoms with Gasteiger partial charge in [-0.25, -0.2) is 8.42 Å². The summed E-state index contributed by atoms with van der Waals surface area (Å²) in [6.45, 7) is 5.42. The third-order valence-electron chi connectivity index (χ3n) is 5.01. The van der Waals surface area contributed by atoms with Crippen molar-refractivity contribution >= 4 is 15.9 Å². The summed E-state index contributed by atoms with van der Waals surface area (Å²) in [4.78, 5) is 14.4. The number of sulfonamides is 1. The lowest BCUT2D eigenvalue weighted by molar-refractivity contribution is -0.131. The van der Waals surface area contributed by atoms with Crippen LogP contribution in [0.1, 0.15) is 37.1 Å². The highest BCUT2D eigenvalue weighted by Crippen LogP contribution is 2.33. The quantitative estimate of drug-likeness (QED) is 0.810. The van der Waals surface area contributed by atoms with E-state index in [1.54, 1.807) is 25.6 Å². The van der Waals surface area contributed by atoms with Gasteiger partial charge in [-0.05, 0) is 39.0 Å². The Hall–Kier alpha value is -1.41. The Balaban J connectivity index is 1.73. The predicted molar refractivity (Wildman–Crippen MR) is 90.0 cm³/mol. The second-order valence-corrected chi connectivity index (χ2v) is 8.78. The molecule has 2 heterocycles. The summed E-state index contributed by atoms with van der Waals surface area (Å²) in [5.41, 5.74) is 1.18. The highest BCUT2D eigenvalue weighted by molar-refractivity contribution is 7.89. The number of rotatable bonds is 4. The van der Waals surface area contributed by atoms with Crippen molar-refractivity contribution in [1.29, 1.82) is 0 Å². The summed E-state index contributed by atoms with van der Waals surface area (Å²) in [6, 6.07) is 0. The van der Waals surface area contributed by atoms with Crippen LogP contribution in [0.15, 0.2) is 4.90 Å². The van der Waals surface area contributed by atoms with Gasteiger partial charge in [-0.3, -0.25) is 9.48 Å². The Bertz CT molecular complexity index is 737. The molecule has 2 aliphatic rings. The summed E-state index contributed by atoms with van der Waals surface area (Å²) >= 11 is 0. The van der Waals surface area contributed by atoms with Gasteiger partial charge in [0.25, 0.3) is 0 Å². The molecule has 0 unspecified atom stereocenters. The van der Waals surface area contributed by atoms with Gasteiger partial charge in [-0.2, -0.15) is 9.40 Å². The van der Waals surface area contributed by atoms with Crippen LogP contribution in [0.25, 0.3) is 0 Å². The average molecular weight is 354 g/mol. The highest BCUT2D eigenvalue weighted by atomic mass is 32.2. The van der Waals surface area contributed by atoms with E-state index < -0.39 is 10.0 Å². The molecule has 1 saturated heterocycles. The summed E-state index contributed by atoms with van der Waals surface area (Å²) in [5, 5.41) is 4.22. The van der Waals surface area contributed by atoms with Crippen LogP contribution in [0.5, 0.6) is 0 Å². The van der Waals surface area contributed by atoms with E-state index >= 15 is 0 Å². The number of hydrogen-bond acceptors (Lipinski definition) is 4. The molecule has 0 radical (unpaired) electrons. The first kappa shape index (κ1) is 17.4. The molecular weight excluding hydrogens is 328 g/mol. The van der Waals surface area contributed by atoms with E-state index in [9.17, 15) is 13.2 Å². The molecule has 3 rings (SSSR count). The molecule has 1 amide bonds. The Morgan fingerprint density at radius 1 is 1.17 bits per heavy atom. The van der Waals surface area contributed by atoms with Gasteiger partial charge >= 0.3 is 0 Å². The van der Waals surface area contributed by atoms with Crippen molar-refractivity contribution in [3.05, 3.63) is 11.4 Å². The van der Waals surface area contributed by atoms with Crippen molar-refractivity contribution in [3.63, 3.8) is 0 Å². The summed E-state index contributed by atoms with van der Waals surface area (Å²) in [6.07, 6.45) is 3.60. The van der Waals surface area contributed by atoms with E-state index in [2.05, 4.69) is 5.10 Å². The number of carbonyl (C=O) groups excluding carboxylic acids is 1. The lowest BCUT2D eigenvalue weighted by Crippen LogP contribution is -2.37. The zero-order chi connectivity index (χ0) is 17.5. The van der Waals surface area contributed by atoms with Crippen molar-refractivity contribution in [2.75, 3.05) is 26.2 Å². The highest BCUT2D eigenvalue weighted by Gasteiger charge is 2.33. The molecule has 0 spiro atoms. The molecule has 1 aromatic rings. The molecular formula is C16H26N4O3S. The van der Waals surface area contributed by atoms with Crippen molar-refractivity contribution in [3.8, 4) is 0 Å². The van der Waals surface area contributed by atoms with Crippen LogP contribution in [-0.4, -0.2) is 59.5 Å². The van der Waals surface area contributed by atoms with E-state index in [1.165, 1.54) is 4.31 Å². The van der Waals surface area contributed by atoms with Crippen molar-refractivity contribution in [2.45, 2.75) is 44.4 Å². The van der Waals surface area contributed by atoms with Crippen LogP contribution in [-0.2, 0) is 21.9 Å². The molecule has 1 aliphatic heterocycles. The first-order valence-electron chi connectivity index (χ1n) is 8.59. The third-order valence-corrected chi connectivity index (χ3v) is 7.16. The maximum Gasteiger partial charge on any atom is 0.246 e. The Morgan fingerprint density at radius 2 is 1.88 bits per heavy atom. The molecule has 134 valence electrons. The summed E-state index contributed by atoms with van der Waals surface area (Å²) in [7, 11) is -1.82. The molecule has 0 aromatic carbocycles. The summed E-state index contributed by atoms with van der Waals surface area (Å²) in [5.74, 6) is 0.728. The Kier molecular flexibility index (Phi) is 4.70. The maximum absolute atomic E-state index is 13.0. The molecule has 1 aromatic heterocycles. The second-order valence-electron chi connectivity index (χ2n) is 6.91. The monoisotopic (exact) mass is 354 g/mol. The van der Waals surface area contributed by atoms with Gasteiger partial charge in [-0.1, -0.05) is 0 Å². The van der Waals surface area contributed by atoms with Crippen LogP contribution >= 0.6 is 0 Å². The van der Waals surface area contributed by atoms with E-state index in [-0.39, 0.29) is 5.91 Å². The van der Waals surface area contributed by atoms with Crippen molar-refractivity contribution < 1.29 is 13.2 Å². The summed E-state index contributed by atoms with van der Waals surface area (Å²) < 4.78 is 29.2. The number of amides is 1. The van der Waals surface area contributed by atoms with Crippen LogP contribution in [0.2, 0.25) is 0 Å². The Morgan fingerprint density at radius 3 is 2.46 bits per heavy atom. The number of hydrogen-bond donors (Lipinski definition) is 0. The SMILES string of the molecule is Cc1nn(C)c(C)c1S(=O)(=O)N1CCCN(C(=O)CC2CC2)CC1. The molecule has 2 fully saturated rings. The fraction of sp³-hybridized carbons (Fsp3) is 0.750. The lowest BCUT2D eigenvalue weighted by Gasteiger charge is -2.22. The molecule has 0 atom stereocenters. The van der Waals surface area contributed by atoms with E-state index in [0.717, 1.165) is 12.8 Å². The lowest BCUT2D eigenvalue weighted by atomic mass is 10.2. The molecule has 0 N–H and O–H groups in total. The van der Waals surface area contributed by atoms with Gasteiger partial charge in [0.15, 0.2) is 0 Å². The first-order valence-corrected chi connectivity index (χ1v) is 10.0. The van der Waals surface area contributed by atoms with Crippen LogP contribution < -0.4 is 0 Å². The van der Waals surface area contributed by atoms with Crippen LogP contribution in [0.3, 0.4) is 0 Å². The van der Waals surface area contributed by atoms with Crippen molar-refractivity contribution in [2.24, 2.45) is 13.0 Å². The number of aromatic nitrogens is 2. The fourth-order valence-electron chi connectivity index (χ4n) is 3.34. The molecule has 7 nitrogen and oxygen atoms in total. The maximum atomic E-state index is 13.0. The largest absolute Gasteiger partial charge is 0.341 e. The number of carbonyl (C=O) groups is 1. The smallest absolute Gasteiger partial charge is 0.246 e. The van der Waals surface area contributed by atoms with Crippen LogP contribution in [0.4, 0.5) is 0 Å². The van der Waals surface area contributed by atoms with Gasteiger partial charge in [0.05, 0.1) is 11.4 Å². The van der Waals surface area contributed by atoms with Gasteiger partial charge in [0, 0.05) is 39.6 Å². The molecule has 0 bridgehead atoms. The van der Waals surface area contributed by atoms with Gasteiger partial charge in [-0.15, -0.1) is 0 Å². The third kappa shape index (κ3) is 3.35. The second kappa shape index (κ2) is 6.48. The predicted octanol–water partition coefficient (Wildman–Crippen LogP) is 1.06. The number of nitrogens with zero attached hydrogens (tertiary/aromatic N) is 4. The standard InChI is InChI=1S/C16H26N4O3S/c1-12-16(13(2)18(3)17-12)24(22,23)20-8-4-7-19(9-10-20)15(21)11-14-5-6-14/h14H,4-11H2,1-3H3. The normalized spacial score (nSPS) is 20.2. The topological polar surface area (TPSA) is 75.5 Å². The van der Waals surface area contributed by atoms with Crippen LogP contribution in [0, 0.1) is 19.8 Å². The van der Waals surface area contributed by atoms with Crippen molar-refractivity contribution in [1.82, 2.24) is 19.0 Å². The van der Waals surface area contributed by atoms with Gasteiger partial charge in [0.1, 0.15) is 4.90 Å². The van der Waals surface area contributed by atoms with E-state index in [4.69, 9.17) is 0 Å². The zero-order valence-corrected chi connectivity index (χ0v) is 15.5. The van der Waals surface area contributed by atoms with Gasteiger partial charge < -0.3 is 4.90 Å². The first-order chi connectivity index (χ1) is 11.3. The zero-order valence-electron chi connectivity index (χ0n) is 14.7. The fourth-order valence-corrected chi connectivity index (χ4v) is 5.21. The molecule has 1 saturated carbocycles. The number of aryl methyl sites for hydroxylation is 2. The average Bonchev–Trinajstić information content (AvgIpc) is 3.28. The molecule has 8 heteroatoms. The minimum atomic E-state index is -3.57. The molecule has 24 heavy (non-hydrogen) atoms. The van der Waals surface area contributed by atoms with Gasteiger partial charge in [0.2, 0.25) is 15.9 Å². The Labute approximate surface area is 143 Å². The molecule has 1 aliphatic carbocycles. The van der Waals surface area contributed by atoms with E-state index in [0.29, 0.717) is 61.2 Å².